The Morgan fingerprint density at radius 3 is 2.96 bits per heavy atom. The lowest BCUT2D eigenvalue weighted by atomic mass is 9.97. The molecular formula is C17H24F2N6O2. The monoisotopic (exact) mass is 382 g/mol. The van der Waals surface area contributed by atoms with Gasteiger partial charge in [-0.05, 0) is 12.1 Å². The van der Waals surface area contributed by atoms with Gasteiger partial charge in [0.05, 0.1) is 17.9 Å². The summed E-state index contributed by atoms with van der Waals surface area (Å²) in [5.74, 6) is -2.31. The van der Waals surface area contributed by atoms with Crippen LogP contribution in [0.2, 0.25) is 0 Å². The van der Waals surface area contributed by atoms with Gasteiger partial charge in [-0.25, -0.2) is 18.3 Å². The number of hydrogen-bond acceptors (Lipinski definition) is 7. The number of likely N-dealkylation sites (tertiary alicyclic amines) is 1. The second kappa shape index (κ2) is 6.93. The second-order valence-electron chi connectivity index (χ2n) is 7.36. The van der Waals surface area contributed by atoms with E-state index in [0.717, 1.165) is 5.69 Å². The van der Waals surface area contributed by atoms with Crippen LogP contribution in [0.15, 0.2) is 18.5 Å². The topological polar surface area (TPSA) is 115 Å². The van der Waals surface area contributed by atoms with E-state index in [1.54, 1.807) is 4.52 Å². The molecule has 0 bridgehead atoms. The second-order valence-corrected chi connectivity index (χ2v) is 7.36. The van der Waals surface area contributed by atoms with Crippen LogP contribution in [0.4, 0.5) is 14.6 Å². The number of aliphatic hydroxyl groups is 1. The van der Waals surface area contributed by atoms with Gasteiger partial charge in [0.1, 0.15) is 17.9 Å². The normalized spacial score (nSPS) is 31.6. The number of nitrogens with zero attached hydrogens (tertiary/aromatic N) is 4. The minimum absolute atomic E-state index is 0.154. The summed E-state index contributed by atoms with van der Waals surface area (Å²) in [7, 11) is 0. The SMILES string of the molecule is NC[C@@H]1CC(F)(F)CCN1C[C@H]1O[C@@H](c2ccc3c(N)ncnn23)C[C@@H]1O. The van der Waals surface area contributed by atoms with E-state index in [-0.39, 0.29) is 32.0 Å². The summed E-state index contributed by atoms with van der Waals surface area (Å²) in [6.07, 6.45) is -0.206. The van der Waals surface area contributed by atoms with Crippen LogP contribution < -0.4 is 11.5 Å². The third kappa shape index (κ3) is 3.49. The Hall–Kier alpha value is -1.88. The molecule has 0 radical (unpaired) electrons. The first-order valence-corrected chi connectivity index (χ1v) is 9.11. The summed E-state index contributed by atoms with van der Waals surface area (Å²) in [5, 5.41) is 14.7. The minimum atomic E-state index is -2.68. The van der Waals surface area contributed by atoms with Crippen molar-refractivity contribution >= 4 is 11.3 Å². The first-order chi connectivity index (χ1) is 12.9. The van der Waals surface area contributed by atoms with Gasteiger partial charge in [-0.2, -0.15) is 5.10 Å². The van der Waals surface area contributed by atoms with Gasteiger partial charge in [-0.15, -0.1) is 0 Å². The highest BCUT2D eigenvalue weighted by Gasteiger charge is 2.43. The number of alkyl halides is 2. The third-order valence-electron chi connectivity index (χ3n) is 5.57. The zero-order chi connectivity index (χ0) is 19.2. The van der Waals surface area contributed by atoms with Gasteiger partial charge >= 0.3 is 0 Å². The quantitative estimate of drug-likeness (QED) is 0.708. The number of ether oxygens (including phenoxy) is 1. The highest BCUT2D eigenvalue weighted by molar-refractivity contribution is 5.65. The Bertz CT molecular complexity index is 816. The molecule has 0 spiro atoms. The van der Waals surface area contributed by atoms with Crippen LogP contribution in [0.5, 0.6) is 0 Å². The van der Waals surface area contributed by atoms with E-state index in [4.69, 9.17) is 16.2 Å². The Morgan fingerprint density at radius 2 is 2.19 bits per heavy atom. The van der Waals surface area contributed by atoms with Crippen molar-refractivity contribution in [3.8, 4) is 0 Å². The lowest BCUT2D eigenvalue weighted by Gasteiger charge is -2.40. The van der Waals surface area contributed by atoms with E-state index < -0.39 is 24.2 Å². The Morgan fingerprint density at radius 1 is 1.37 bits per heavy atom. The molecule has 2 aliphatic rings. The number of anilines is 1. The van der Waals surface area contributed by atoms with Crippen LogP contribution in [0.25, 0.3) is 5.52 Å². The predicted octanol–water partition coefficient (Wildman–Crippen LogP) is 0.561. The number of nitrogen functional groups attached to an aromatic ring is 1. The maximum Gasteiger partial charge on any atom is 0.250 e. The van der Waals surface area contributed by atoms with Gasteiger partial charge in [0.15, 0.2) is 5.82 Å². The number of nitrogens with two attached hydrogens (primary N) is 2. The lowest BCUT2D eigenvalue weighted by Crippen LogP contribution is -2.53. The number of piperidine rings is 1. The van der Waals surface area contributed by atoms with Crippen molar-refractivity contribution in [1.82, 2.24) is 19.5 Å². The Kier molecular flexibility index (Phi) is 4.75. The fourth-order valence-electron chi connectivity index (χ4n) is 4.07. The van der Waals surface area contributed by atoms with Crippen molar-refractivity contribution in [1.29, 1.82) is 0 Å². The predicted molar refractivity (Wildman–Crippen MR) is 94.2 cm³/mol. The van der Waals surface area contributed by atoms with Crippen molar-refractivity contribution in [2.45, 2.75) is 49.5 Å². The third-order valence-corrected chi connectivity index (χ3v) is 5.57. The maximum atomic E-state index is 13.6. The molecule has 2 fully saturated rings. The molecule has 8 nitrogen and oxygen atoms in total. The first kappa shape index (κ1) is 18.5. The standard InChI is InChI=1S/C17H24F2N6O2/c18-17(19)3-4-24(10(6-17)7-20)8-15-13(26)5-14(27-15)11-1-2-12-16(21)22-9-23-25(11)12/h1-2,9-10,13-15,26H,3-8,20H2,(H2,21,22,23)/t10-,13-,14+,15+/m0/s1. The van der Waals surface area contributed by atoms with Crippen LogP contribution in [-0.2, 0) is 4.74 Å². The minimum Gasteiger partial charge on any atom is -0.390 e. The smallest absolute Gasteiger partial charge is 0.250 e. The number of hydrogen-bond donors (Lipinski definition) is 3. The molecule has 2 aromatic heterocycles. The first-order valence-electron chi connectivity index (χ1n) is 9.11. The zero-order valence-electron chi connectivity index (χ0n) is 14.8. The summed E-state index contributed by atoms with van der Waals surface area (Å²) >= 11 is 0. The van der Waals surface area contributed by atoms with E-state index >= 15 is 0 Å². The van der Waals surface area contributed by atoms with Crippen LogP contribution in [-0.4, -0.2) is 68.4 Å². The molecule has 0 amide bonds. The molecule has 2 saturated heterocycles. The van der Waals surface area contributed by atoms with Crippen LogP contribution in [0.1, 0.15) is 31.1 Å². The molecular weight excluding hydrogens is 358 g/mol. The van der Waals surface area contributed by atoms with Crippen molar-refractivity contribution in [3.05, 3.63) is 24.2 Å². The number of rotatable bonds is 4. The van der Waals surface area contributed by atoms with Crippen molar-refractivity contribution in [2.24, 2.45) is 5.73 Å². The van der Waals surface area contributed by atoms with Crippen molar-refractivity contribution in [3.63, 3.8) is 0 Å². The lowest BCUT2D eigenvalue weighted by molar-refractivity contribution is -0.0925. The number of aromatic nitrogens is 3. The van der Waals surface area contributed by atoms with Crippen LogP contribution in [0.3, 0.4) is 0 Å². The highest BCUT2D eigenvalue weighted by Crippen LogP contribution is 2.36. The molecule has 4 heterocycles. The summed E-state index contributed by atoms with van der Waals surface area (Å²) in [4.78, 5) is 5.87. The maximum absolute atomic E-state index is 13.6. The van der Waals surface area contributed by atoms with E-state index in [0.29, 0.717) is 24.3 Å². The Balaban J connectivity index is 1.47. The molecule has 4 atom stereocenters. The van der Waals surface area contributed by atoms with Gasteiger partial charge in [0.2, 0.25) is 0 Å². The van der Waals surface area contributed by atoms with E-state index in [1.807, 2.05) is 17.0 Å². The summed E-state index contributed by atoms with van der Waals surface area (Å²) in [6.45, 7) is 0.765. The average Bonchev–Trinajstić information content (AvgIpc) is 3.21. The fraction of sp³-hybridized carbons (Fsp3) is 0.647. The molecule has 0 aromatic carbocycles. The molecule has 2 aliphatic heterocycles. The van der Waals surface area contributed by atoms with Crippen molar-refractivity contribution in [2.75, 3.05) is 25.4 Å². The van der Waals surface area contributed by atoms with E-state index in [1.165, 1.54) is 6.33 Å². The Labute approximate surface area is 155 Å². The van der Waals surface area contributed by atoms with Crippen LogP contribution >= 0.6 is 0 Å². The summed E-state index contributed by atoms with van der Waals surface area (Å²) < 4.78 is 35.0. The molecule has 0 saturated carbocycles. The number of aliphatic hydroxyl groups excluding tert-OH is 1. The molecule has 2 aromatic rings. The van der Waals surface area contributed by atoms with Gasteiger partial charge in [0, 0.05) is 44.9 Å². The zero-order valence-corrected chi connectivity index (χ0v) is 14.8. The number of fused-ring (bicyclic) bond motifs is 1. The number of halogens is 2. The summed E-state index contributed by atoms with van der Waals surface area (Å²) in [5.41, 5.74) is 13.0. The van der Waals surface area contributed by atoms with Gasteiger partial charge in [0.25, 0.3) is 5.92 Å². The van der Waals surface area contributed by atoms with Crippen LogP contribution in [0, 0.1) is 0 Å². The molecule has 5 N–H and O–H groups in total. The van der Waals surface area contributed by atoms with Gasteiger partial charge in [-0.1, -0.05) is 0 Å². The van der Waals surface area contributed by atoms with Gasteiger partial charge < -0.3 is 21.3 Å². The highest BCUT2D eigenvalue weighted by atomic mass is 19.3. The van der Waals surface area contributed by atoms with E-state index in [9.17, 15) is 13.9 Å². The molecule has 148 valence electrons. The molecule has 10 heteroatoms. The molecule has 27 heavy (non-hydrogen) atoms. The largest absolute Gasteiger partial charge is 0.390 e. The summed E-state index contributed by atoms with van der Waals surface area (Å²) in [6, 6.07) is 3.25. The average molecular weight is 382 g/mol. The van der Waals surface area contributed by atoms with Gasteiger partial charge in [-0.3, -0.25) is 4.90 Å². The fourth-order valence-corrected chi connectivity index (χ4v) is 4.07. The van der Waals surface area contributed by atoms with E-state index in [2.05, 4.69) is 10.1 Å². The van der Waals surface area contributed by atoms with Crippen molar-refractivity contribution < 1.29 is 18.6 Å². The molecule has 0 unspecified atom stereocenters. The molecule has 4 rings (SSSR count). The molecule has 0 aliphatic carbocycles.